The van der Waals surface area contributed by atoms with Crippen molar-refractivity contribution in [2.24, 2.45) is 11.5 Å². The molecular formula is C22H20ClN3O3. The molecule has 0 aliphatic carbocycles. The summed E-state index contributed by atoms with van der Waals surface area (Å²) >= 11 is 6.48. The number of halogens is 1. The quantitative estimate of drug-likeness (QED) is 0.549. The van der Waals surface area contributed by atoms with Gasteiger partial charge in [0.25, 0.3) is 5.91 Å². The van der Waals surface area contributed by atoms with Crippen molar-refractivity contribution in [3.05, 3.63) is 82.9 Å². The standard InChI is InChI=1S/C22H20ClN3O3/c23-19-12-15(10-14-6-8-17(9-7-14)26-22(25)28)11-18(16-4-2-1-3-5-16)21(19)29-13-20(24)27/h1-9,11-12H,10,13H2,(H2,24,27)(H3,25,26,28). The highest BCUT2D eigenvalue weighted by Gasteiger charge is 2.14. The van der Waals surface area contributed by atoms with Crippen LogP contribution in [0.1, 0.15) is 11.1 Å². The second-order valence-corrected chi connectivity index (χ2v) is 6.85. The number of nitrogens with one attached hydrogen (secondary N) is 1. The summed E-state index contributed by atoms with van der Waals surface area (Å²) in [5, 5.41) is 2.93. The molecule has 7 heteroatoms. The molecule has 29 heavy (non-hydrogen) atoms. The van der Waals surface area contributed by atoms with Crippen LogP contribution in [0.15, 0.2) is 66.7 Å². The van der Waals surface area contributed by atoms with Crippen LogP contribution in [-0.2, 0) is 11.2 Å². The first kappa shape index (κ1) is 20.2. The van der Waals surface area contributed by atoms with Crippen molar-refractivity contribution in [3.8, 4) is 16.9 Å². The molecule has 0 unspecified atom stereocenters. The predicted molar refractivity (Wildman–Crippen MR) is 114 cm³/mol. The van der Waals surface area contributed by atoms with Gasteiger partial charge < -0.3 is 21.5 Å². The number of ether oxygens (including phenoxy) is 1. The van der Waals surface area contributed by atoms with E-state index in [-0.39, 0.29) is 6.61 Å². The molecule has 3 aromatic carbocycles. The van der Waals surface area contributed by atoms with Gasteiger partial charge in [-0.1, -0.05) is 54.1 Å². The number of hydrogen-bond donors (Lipinski definition) is 3. The molecule has 0 radical (unpaired) electrons. The first-order valence-corrected chi connectivity index (χ1v) is 9.24. The lowest BCUT2D eigenvalue weighted by Gasteiger charge is -2.15. The Kier molecular flexibility index (Phi) is 6.36. The third-order valence-corrected chi connectivity index (χ3v) is 4.46. The fourth-order valence-corrected chi connectivity index (χ4v) is 3.25. The molecule has 3 rings (SSSR count). The fraction of sp³-hybridized carbons (Fsp3) is 0.0909. The molecule has 5 N–H and O–H groups in total. The topological polar surface area (TPSA) is 107 Å². The minimum atomic E-state index is -0.608. The monoisotopic (exact) mass is 409 g/mol. The Morgan fingerprint density at radius 3 is 2.24 bits per heavy atom. The number of carbonyl (C=O) groups excluding carboxylic acids is 2. The minimum Gasteiger partial charge on any atom is -0.482 e. The maximum Gasteiger partial charge on any atom is 0.316 e. The van der Waals surface area contributed by atoms with Gasteiger partial charge in [-0.25, -0.2) is 4.79 Å². The molecule has 0 saturated heterocycles. The maximum absolute atomic E-state index is 11.2. The van der Waals surface area contributed by atoms with Crippen LogP contribution in [0.4, 0.5) is 10.5 Å². The van der Waals surface area contributed by atoms with Crippen LogP contribution in [0.3, 0.4) is 0 Å². The van der Waals surface area contributed by atoms with Gasteiger partial charge in [0, 0.05) is 11.3 Å². The van der Waals surface area contributed by atoms with Crippen molar-refractivity contribution in [2.75, 3.05) is 11.9 Å². The van der Waals surface area contributed by atoms with E-state index in [2.05, 4.69) is 5.32 Å². The molecule has 3 amide bonds. The van der Waals surface area contributed by atoms with Crippen molar-refractivity contribution in [1.82, 2.24) is 0 Å². The van der Waals surface area contributed by atoms with E-state index in [4.69, 9.17) is 27.8 Å². The fourth-order valence-electron chi connectivity index (χ4n) is 2.96. The summed E-state index contributed by atoms with van der Waals surface area (Å²) < 4.78 is 5.58. The van der Waals surface area contributed by atoms with Crippen LogP contribution < -0.4 is 21.5 Å². The summed E-state index contributed by atoms with van der Waals surface area (Å²) in [6.45, 7) is -0.257. The third kappa shape index (κ3) is 5.49. The van der Waals surface area contributed by atoms with E-state index in [9.17, 15) is 9.59 Å². The number of benzene rings is 3. The van der Waals surface area contributed by atoms with E-state index in [1.54, 1.807) is 18.2 Å². The van der Waals surface area contributed by atoms with Crippen molar-refractivity contribution in [2.45, 2.75) is 6.42 Å². The van der Waals surface area contributed by atoms with Gasteiger partial charge in [-0.2, -0.15) is 0 Å². The van der Waals surface area contributed by atoms with Crippen molar-refractivity contribution in [3.63, 3.8) is 0 Å². The second-order valence-electron chi connectivity index (χ2n) is 6.44. The molecule has 0 saturated carbocycles. The molecule has 0 aromatic heterocycles. The lowest BCUT2D eigenvalue weighted by atomic mass is 9.98. The lowest BCUT2D eigenvalue weighted by Crippen LogP contribution is -2.20. The Morgan fingerprint density at radius 1 is 0.931 bits per heavy atom. The average Bonchev–Trinajstić information content (AvgIpc) is 2.68. The molecule has 0 heterocycles. The van der Waals surface area contributed by atoms with Crippen LogP contribution in [0.2, 0.25) is 5.02 Å². The Labute approximate surface area is 173 Å². The van der Waals surface area contributed by atoms with Crippen LogP contribution in [-0.4, -0.2) is 18.5 Å². The van der Waals surface area contributed by atoms with Gasteiger partial charge in [0.15, 0.2) is 6.61 Å². The summed E-state index contributed by atoms with van der Waals surface area (Å²) in [6.07, 6.45) is 0.618. The number of amides is 3. The van der Waals surface area contributed by atoms with Crippen molar-refractivity contribution in [1.29, 1.82) is 0 Å². The smallest absolute Gasteiger partial charge is 0.316 e. The first-order chi connectivity index (χ1) is 13.9. The highest BCUT2D eigenvalue weighted by atomic mass is 35.5. The predicted octanol–water partition coefficient (Wildman–Crippen LogP) is 3.95. The molecule has 0 aliphatic heterocycles. The van der Waals surface area contributed by atoms with Gasteiger partial charge in [0.2, 0.25) is 0 Å². The highest BCUT2D eigenvalue weighted by Crippen LogP contribution is 2.38. The normalized spacial score (nSPS) is 10.4. The van der Waals surface area contributed by atoms with E-state index in [1.165, 1.54) is 0 Å². The Balaban J connectivity index is 1.92. The van der Waals surface area contributed by atoms with E-state index in [0.29, 0.717) is 22.9 Å². The second kappa shape index (κ2) is 9.12. The summed E-state index contributed by atoms with van der Waals surface area (Å²) in [7, 11) is 0. The van der Waals surface area contributed by atoms with Crippen molar-refractivity contribution < 1.29 is 14.3 Å². The number of urea groups is 1. The molecule has 0 spiro atoms. The zero-order valence-corrected chi connectivity index (χ0v) is 16.3. The molecule has 6 nitrogen and oxygen atoms in total. The van der Waals surface area contributed by atoms with Crippen LogP contribution in [0.25, 0.3) is 11.1 Å². The van der Waals surface area contributed by atoms with Crippen LogP contribution in [0.5, 0.6) is 5.75 Å². The van der Waals surface area contributed by atoms with Gasteiger partial charge in [-0.15, -0.1) is 0 Å². The van der Waals surface area contributed by atoms with Gasteiger partial charge in [0.1, 0.15) is 5.75 Å². The number of hydrogen-bond acceptors (Lipinski definition) is 3. The number of carbonyl (C=O) groups is 2. The number of rotatable bonds is 7. The Bertz CT molecular complexity index is 1020. The Hall–Kier alpha value is -3.51. The lowest BCUT2D eigenvalue weighted by molar-refractivity contribution is -0.119. The maximum atomic E-state index is 11.2. The molecule has 0 atom stereocenters. The largest absolute Gasteiger partial charge is 0.482 e. The van der Waals surface area contributed by atoms with Gasteiger partial charge >= 0.3 is 6.03 Å². The van der Waals surface area contributed by atoms with Gasteiger partial charge in [-0.3, -0.25) is 4.79 Å². The minimum absolute atomic E-state index is 0.257. The van der Waals surface area contributed by atoms with Gasteiger partial charge in [-0.05, 0) is 47.4 Å². The van der Waals surface area contributed by atoms with Gasteiger partial charge in [0.05, 0.1) is 5.02 Å². The zero-order chi connectivity index (χ0) is 20.8. The number of anilines is 1. The molecule has 0 aliphatic rings. The Morgan fingerprint density at radius 2 is 1.62 bits per heavy atom. The average molecular weight is 410 g/mol. The summed E-state index contributed by atoms with van der Waals surface area (Å²) in [5.41, 5.74) is 14.7. The van der Waals surface area contributed by atoms with E-state index >= 15 is 0 Å². The zero-order valence-electron chi connectivity index (χ0n) is 15.5. The van der Waals surface area contributed by atoms with Crippen molar-refractivity contribution >= 4 is 29.2 Å². The molecule has 148 valence electrons. The van der Waals surface area contributed by atoms with Crippen LogP contribution >= 0.6 is 11.6 Å². The van der Waals surface area contributed by atoms with E-state index < -0.39 is 11.9 Å². The molecule has 0 bridgehead atoms. The summed E-state index contributed by atoms with van der Waals surface area (Å²) in [5.74, 6) is -0.157. The number of primary amides is 2. The summed E-state index contributed by atoms with van der Waals surface area (Å²) in [6, 6.07) is 20.2. The highest BCUT2D eigenvalue weighted by molar-refractivity contribution is 6.32. The van der Waals surface area contributed by atoms with E-state index in [1.807, 2.05) is 48.5 Å². The SMILES string of the molecule is NC(=O)COc1c(Cl)cc(Cc2ccc(NC(N)=O)cc2)cc1-c1ccccc1. The first-order valence-electron chi connectivity index (χ1n) is 8.86. The summed E-state index contributed by atoms with van der Waals surface area (Å²) in [4.78, 5) is 22.1. The molecule has 0 fully saturated rings. The number of nitrogens with two attached hydrogens (primary N) is 2. The molecule has 3 aromatic rings. The third-order valence-electron chi connectivity index (χ3n) is 4.18. The van der Waals surface area contributed by atoms with Crippen LogP contribution in [0, 0.1) is 0 Å². The molecular weight excluding hydrogens is 390 g/mol. The van der Waals surface area contributed by atoms with E-state index in [0.717, 1.165) is 22.3 Å².